The van der Waals surface area contributed by atoms with Crippen LogP contribution in [0.1, 0.15) is 43.4 Å². The standard InChI is InChI=1S/C13H17F3/c1-8(2)10(4)11-5-9(3)6-12(7-11)13(14,15)16/h5-8,10H,1-4H3. The van der Waals surface area contributed by atoms with Crippen molar-refractivity contribution in [1.82, 2.24) is 0 Å². The van der Waals surface area contributed by atoms with Crippen molar-refractivity contribution in [2.75, 3.05) is 0 Å². The summed E-state index contributed by atoms with van der Waals surface area (Å²) >= 11 is 0. The first kappa shape index (κ1) is 13.1. The van der Waals surface area contributed by atoms with Gasteiger partial charge in [-0.1, -0.05) is 32.4 Å². The lowest BCUT2D eigenvalue weighted by atomic mass is 9.88. The van der Waals surface area contributed by atoms with Crippen molar-refractivity contribution in [3.8, 4) is 0 Å². The van der Waals surface area contributed by atoms with Crippen molar-refractivity contribution < 1.29 is 13.2 Å². The third-order valence-corrected chi connectivity index (χ3v) is 2.95. The molecule has 0 bridgehead atoms. The van der Waals surface area contributed by atoms with Crippen molar-refractivity contribution in [3.05, 3.63) is 34.9 Å². The van der Waals surface area contributed by atoms with E-state index in [1.807, 2.05) is 26.8 Å². The van der Waals surface area contributed by atoms with Gasteiger partial charge in [-0.3, -0.25) is 0 Å². The minimum Gasteiger partial charge on any atom is -0.166 e. The van der Waals surface area contributed by atoms with Gasteiger partial charge in [0.05, 0.1) is 5.56 Å². The first-order chi connectivity index (χ1) is 7.21. The number of alkyl halides is 3. The average Bonchev–Trinajstić information content (AvgIpc) is 2.14. The maximum atomic E-state index is 12.6. The van der Waals surface area contributed by atoms with Crippen LogP contribution in [0.25, 0.3) is 0 Å². The molecule has 0 nitrogen and oxygen atoms in total. The van der Waals surface area contributed by atoms with Gasteiger partial charge in [0.25, 0.3) is 0 Å². The molecule has 16 heavy (non-hydrogen) atoms. The second-order valence-electron chi connectivity index (χ2n) is 4.66. The number of hydrogen-bond donors (Lipinski definition) is 0. The minimum atomic E-state index is -4.25. The number of benzene rings is 1. The van der Waals surface area contributed by atoms with Gasteiger partial charge >= 0.3 is 6.18 Å². The van der Waals surface area contributed by atoms with Crippen LogP contribution in [0.4, 0.5) is 13.2 Å². The Labute approximate surface area is 94.5 Å². The Kier molecular flexibility index (Phi) is 3.66. The van der Waals surface area contributed by atoms with E-state index in [-0.39, 0.29) is 5.92 Å². The zero-order valence-electron chi connectivity index (χ0n) is 10.0. The molecule has 0 aliphatic carbocycles. The van der Waals surface area contributed by atoms with Crippen LogP contribution in [0, 0.1) is 12.8 Å². The lowest BCUT2D eigenvalue weighted by Gasteiger charge is -2.18. The number of rotatable bonds is 2. The highest BCUT2D eigenvalue weighted by Crippen LogP contribution is 2.33. The van der Waals surface area contributed by atoms with Gasteiger partial charge in [0.1, 0.15) is 0 Å². The minimum absolute atomic E-state index is 0.140. The summed E-state index contributed by atoms with van der Waals surface area (Å²) in [5.74, 6) is 0.476. The quantitative estimate of drug-likeness (QED) is 0.686. The van der Waals surface area contributed by atoms with E-state index in [0.717, 1.165) is 5.56 Å². The fourth-order valence-corrected chi connectivity index (χ4v) is 1.62. The normalized spacial score (nSPS) is 14.2. The summed E-state index contributed by atoms with van der Waals surface area (Å²) in [4.78, 5) is 0. The van der Waals surface area contributed by atoms with E-state index >= 15 is 0 Å². The third-order valence-electron chi connectivity index (χ3n) is 2.95. The molecule has 0 radical (unpaired) electrons. The predicted octanol–water partition coefficient (Wildman–Crippen LogP) is 4.77. The molecule has 0 aliphatic heterocycles. The van der Waals surface area contributed by atoms with Crippen molar-refractivity contribution in [2.24, 2.45) is 5.92 Å². The molecule has 1 aromatic carbocycles. The zero-order valence-corrected chi connectivity index (χ0v) is 10.0. The van der Waals surface area contributed by atoms with E-state index < -0.39 is 11.7 Å². The van der Waals surface area contributed by atoms with Gasteiger partial charge in [-0.05, 0) is 36.5 Å². The number of halogens is 3. The summed E-state index contributed by atoms with van der Waals surface area (Å²) in [6, 6.07) is 4.29. The van der Waals surface area contributed by atoms with E-state index in [4.69, 9.17) is 0 Å². The van der Waals surface area contributed by atoms with Gasteiger partial charge in [-0.15, -0.1) is 0 Å². The Morgan fingerprint density at radius 3 is 2.00 bits per heavy atom. The summed E-state index contributed by atoms with van der Waals surface area (Å²) in [5, 5.41) is 0. The highest BCUT2D eigenvalue weighted by Gasteiger charge is 2.31. The second-order valence-corrected chi connectivity index (χ2v) is 4.66. The Balaban J connectivity index is 3.18. The Hall–Kier alpha value is -0.990. The highest BCUT2D eigenvalue weighted by molar-refractivity contribution is 5.33. The molecule has 0 spiro atoms. The van der Waals surface area contributed by atoms with E-state index in [1.54, 1.807) is 6.92 Å². The SMILES string of the molecule is Cc1cc(C(C)C(C)C)cc(C(F)(F)F)c1. The molecule has 0 saturated carbocycles. The number of aryl methyl sites for hydroxylation is 1. The fourth-order valence-electron chi connectivity index (χ4n) is 1.62. The van der Waals surface area contributed by atoms with Crippen LogP contribution in [-0.4, -0.2) is 0 Å². The Morgan fingerprint density at radius 2 is 1.56 bits per heavy atom. The summed E-state index contributed by atoms with van der Waals surface area (Å²) in [7, 11) is 0. The van der Waals surface area contributed by atoms with Gasteiger partial charge in [0, 0.05) is 0 Å². The molecule has 3 heteroatoms. The monoisotopic (exact) mass is 230 g/mol. The molecular weight excluding hydrogens is 213 g/mol. The van der Waals surface area contributed by atoms with Crippen LogP contribution in [-0.2, 0) is 6.18 Å². The smallest absolute Gasteiger partial charge is 0.166 e. The largest absolute Gasteiger partial charge is 0.416 e. The maximum Gasteiger partial charge on any atom is 0.416 e. The molecule has 1 aromatic rings. The molecule has 0 aliphatic rings. The van der Waals surface area contributed by atoms with Crippen molar-refractivity contribution in [3.63, 3.8) is 0 Å². The summed E-state index contributed by atoms with van der Waals surface area (Å²) in [5.41, 5.74) is 0.884. The van der Waals surface area contributed by atoms with Gasteiger partial charge in [-0.25, -0.2) is 0 Å². The fraction of sp³-hybridized carbons (Fsp3) is 0.538. The second kappa shape index (κ2) is 4.48. The molecular formula is C13H17F3. The lowest BCUT2D eigenvalue weighted by molar-refractivity contribution is -0.137. The molecule has 1 rings (SSSR count). The third kappa shape index (κ3) is 3.00. The molecule has 0 saturated heterocycles. The van der Waals surface area contributed by atoms with Crippen molar-refractivity contribution in [2.45, 2.75) is 39.8 Å². The highest BCUT2D eigenvalue weighted by atomic mass is 19.4. The molecule has 1 atom stereocenters. The molecule has 1 unspecified atom stereocenters. The average molecular weight is 230 g/mol. The molecule has 0 fully saturated rings. The van der Waals surface area contributed by atoms with E-state index in [0.29, 0.717) is 11.5 Å². The summed E-state index contributed by atoms with van der Waals surface area (Å²) in [6.45, 7) is 7.69. The maximum absolute atomic E-state index is 12.6. The lowest BCUT2D eigenvalue weighted by Crippen LogP contribution is -2.09. The van der Waals surface area contributed by atoms with Crippen LogP contribution < -0.4 is 0 Å². The van der Waals surface area contributed by atoms with Gasteiger partial charge in [0.2, 0.25) is 0 Å². The van der Waals surface area contributed by atoms with Crippen LogP contribution in [0.15, 0.2) is 18.2 Å². The van der Waals surface area contributed by atoms with Crippen LogP contribution in [0.2, 0.25) is 0 Å². The van der Waals surface area contributed by atoms with Crippen LogP contribution >= 0.6 is 0 Å². The van der Waals surface area contributed by atoms with Crippen molar-refractivity contribution >= 4 is 0 Å². The summed E-state index contributed by atoms with van der Waals surface area (Å²) < 4.78 is 37.8. The Bertz CT molecular complexity index is 364. The van der Waals surface area contributed by atoms with Gasteiger partial charge < -0.3 is 0 Å². The van der Waals surface area contributed by atoms with Crippen LogP contribution in [0.3, 0.4) is 0 Å². The van der Waals surface area contributed by atoms with E-state index in [9.17, 15) is 13.2 Å². The zero-order chi connectivity index (χ0) is 12.5. The molecule has 0 heterocycles. The van der Waals surface area contributed by atoms with Crippen molar-refractivity contribution in [1.29, 1.82) is 0 Å². The summed E-state index contributed by atoms with van der Waals surface area (Å²) in [6.07, 6.45) is -4.25. The van der Waals surface area contributed by atoms with E-state index in [1.165, 1.54) is 12.1 Å². The molecule has 0 N–H and O–H groups in total. The van der Waals surface area contributed by atoms with Gasteiger partial charge in [0.15, 0.2) is 0 Å². The van der Waals surface area contributed by atoms with Crippen LogP contribution in [0.5, 0.6) is 0 Å². The van der Waals surface area contributed by atoms with E-state index in [2.05, 4.69) is 0 Å². The first-order valence-corrected chi connectivity index (χ1v) is 5.40. The first-order valence-electron chi connectivity index (χ1n) is 5.40. The topological polar surface area (TPSA) is 0 Å². The Morgan fingerprint density at radius 1 is 1.00 bits per heavy atom. The number of hydrogen-bond acceptors (Lipinski definition) is 0. The molecule has 90 valence electrons. The van der Waals surface area contributed by atoms with Gasteiger partial charge in [-0.2, -0.15) is 13.2 Å². The molecule has 0 amide bonds. The predicted molar refractivity (Wildman–Crippen MR) is 59.4 cm³/mol. The molecule has 0 aromatic heterocycles.